The number of nitrogens with zero attached hydrogens (tertiary/aromatic N) is 2. The quantitative estimate of drug-likeness (QED) is 0.669. The Labute approximate surface area is 87.9 Å². The van der Waals surface area contributed by atoms with Crippen LogP contribution >= 0.6 is 0 Å². The number of amides is 1. The molecule has 1 aromatic heterocycles. The molecule has 1 aliphatic rings. The SMILES string of the molecule is O=C1CCN(Cc2ccccn2)C(=O)C1. The average Bonchev–Trinajstić information content (AvgIpc) is 2.24. The maximum absolute atomic E-state index is 11.5. The van der Waals surface area contributed by atoms with Crippen LogP contribution in [0.25, 0.3) is 0 Å². The number of carbonyl (C=O) groups excluding carboxylic acids is 2. The largest absolute Gasteiger partial charge is 0.336 e. The van der Waals surface area contributed by atoms with Crippen molar-refractivity contribution in [1.29, 1.82) is 0 Å². The third-order valence-corrected chi connectivity index (χ3v) is 2.44. The Bertz CT molecular complexity index is 375. The van der Waals surface area contributed by atoms with Crippen molar-refractivity contribution >= 4 is 11.7 Å². The molecule has 2 rings (SSSR count). The van der Waals surface area contributed by atoms with Crippen LogP contribution in [0.2, 0.25) is 0 Å². The van der Waals surface area contributed by atoms with E-state index in [4.69, 9.17) is 0 Å². The molecule has 0 atom stereocenters. The van der Waals surface area contributed by atoms with Crippen molar-refractivity contribution in [1.82, 2.24) is 9.88 Å². The second kappa shape index (κ2) is 4.21. The Balaban J connectivity index is 2.01. The molecule has 4 nitrogen and oxygen atoms in total. The summed E-state index contributed by atoms with van der Waals surface area (Å²) in [6.45, 7) is 1.03. The molecule has 0 aliphatic carbocycles. The number of rotatable bonds is 2. The summed E-state index contributed by atoms with van der Waals surface area (Å²) >= 11 is 0. The van der Waals surface area contributed by atoms with Crippen molar-refractivity contribution in [2.45, 2.75) is 19.4 Å². The van der Waals surface area contributed by atoms with Crippen molar-refractivity contribution in [3.8, 4) is 0 Å². The van der Waals surface area contributed by atoms with Crippen molar-refractivity contribution < 1.29 is 9.59 Å². The minimum Gasteiger partial charge on any atom is -0.336 e. The molecular formula is C11H12N2O2. The van der Waals surface area contributed by atoms with E-state index in [0.717, 1.165) is 5.69 Å². The molecule has 0 unspecified atom stereocenters. The molecule has 0 spiro atoms. The first kappa shape index (κ1) is 9.83. The molecule has 0 aromatic carbocycles. The second-order valence-corrected chi connectivity index (χ2v) is 3.60. The summed E-state index contributed by atoms with van der Waals surface area (Å²) in [5.41, 5.74) is 0.861. The van der Waals surface area contributed by atoms with E-state index in [2.05, 4.69) is 4.98 Å². The van der Waals surface area contributed by atoms with E-state index >= 15 is 0 Å². The molecule has 1 fully saturated rings. The molecule has 4 heteroatoms. The maximum Gasteiger partial charge on any atom is 0.230 e. The molecule has 1 amide bonds. The predicted octanol–water partition coefficient (Wildman–Crippen LogP) is 0.773. The Morgan fingerprint density at radius 2 is 2.20 bits per heavy atom. The Hall–Kier alpha value is -1.71. The van der Waals surface area contributed by atoms with Gasteiger partial charge in [0, 0.05) is 19.2 Å². The van der Waals surface area contributed by atoms with Crippen molar-refractivity contribution in [3.05, 3.63) is 30.1 Å². The fraction of sp³-hybridized carbons (Fsp3) is 0.364. The Morgan fingerprint density at radius 3 is 2.87 bits per heavy atom. The van der Waals surface area contributed by atoms with Gasteiger partial charge in [0.25, 0.3) is 0 Å². The van der Waals surface area contributed by atoms with E-state index in [1.165, 1.54) is 0 Å². The van der Waals surface area contributed by atoms with Gasteiger partial charge in [0.15, 0.2) is 0 Å². The fourth-order valence-corrected chi connectivity index (χ4v) is 1.61. The highest BCUT2D eigenvalue weighted by atomic mass is 16.2. The second-order valence-electron chi connectivity index (χ2n) is 3.60. The summed E-state index contributed by atoms with van der Waals surface area (Å²) in [5.74, 6) is -0.0471. The van der Waals surface area contributed by atoms with Crippen LogP contribution in [-0.2, 0) is 16.1 Å². The number of ketones is 1. The van der Waals surface area contributed by atoms with Crippen LogP contribution in [0.1, 0.15) is 18.5 Å². The van der Waals surface area contributed by atoms with Gasteiger partial charge in [-0.1, -0.05) is 6.07 Å². The number of hydrogen-bond acceptors (Lipinski definition) is 3. The smallest absolute Gasteiger partial charge is 0.230 e. The topological polar surface area (TPSA) is 50.3 Å². The number of Topliss-reactive ketones (excluding diaryl/α,β-unsaturated/α-hetero) is 1. The molecule has 1 aromatic rings. The van der Waals surface area contributed by atoms with Gasteiger partial charge < -0.3 is 4.90 Å². The van der Waals surface area contributed by atoms with Gasteiger partial charge in [0.05, 0.1) is 18.7 Å². The normalized spacial score (nSPS) is 16.9. The van der Waals surface area contributed by atoms with Crippen LogP contribution in [0, 0.1) is 0 Å². The first-order valence-corrected chi connectivity index (χ1v) is 4.95. The van der Waals surface area contributed by atoms with Crippen LogP contribution in [0.5, 0.6) is 0 Å². The molecule has 78 valence electrons. The van der Waals surface area contributed by atoms with Gasteiger partial charge in [-0.05, 0) is 12.1 Å². The van der Waals surface area contributed by atoms with Gasteiger partial charge in [-0.15, -0.1) is 0 Å². The number of hydrogen-bond donors (Lipinski definition) is 0. The first-order chi connectivity index (χ1) is 7.25. The average molecular weight is 204 g/mol. The minimum atomic E-state index is -0.0862. The van der Waals surface area contributed by atoms with E-state index in [9.17, 15) is 9.59 Å². The standard InChI is InChI=1S/C11H12N2O2/c14-10-4-6-13(11(15)7-10)8-9-3-1-2-5-12-9/h1-3,5H,4,6-8H2. The van der Waals surface area contributed by atoms with Crippen molar-refractivity contribution in [2.24, 2.45) is 0 Å². The zero-order valence-corrected chi connectivity index (χ0v) is 8.35. The lowest BCUT2D eigenvalue weighted by molar-refractivity contribution is -0.139. The lowest BCUT2D eigenvalue weighted by atomic mass is 10.1. The molecule has 0 radical (unpaired) electrons. The highest BCUT2D eigenvalue weighted by Gasteiger charge is 2.23. The zero-order valence-electron chi connectivity index (χ0n) is 8.35. The summed E-state index contributed by atoms with van der Waals surface area (Å²) in [7, 11) is 0. The predicted molar refractivity (Wildman–Crippen MR) is 53.9 cm³/mol. The molecule has 1 saturated heterocycles. The number of piperidine rings is 1. The minimum absolute atomic E-state index is 0.0391. The molecule has 2 heterocycles. The highest BCUT2D eigenvalue weighted by molar-refractivity contribution is 6.00. The van der Waals surface area contributed by atoms with Gasteiger partial charge in [0.2, 0.25) is 5.91 Å². The molecule has 0 saturated carbocycles. The lowest BCUT2D eigenvalue weighted by Crippen LogP contribution is -2.38. The summed E-state index contributed by atoms with van der Waals surface area (Å²) < 4.78 is 0. The summed E-state index contributed by atoms with van der Waals surface area (Å²) in [6.07, 6.45) is 2.22. The highest BCUT2D eigenvalue weighted by Crippen LogP contribution is 2.10. The Morgan fingerprint density at radius 1 is 1.33 bits per heavy atom. The third kappa shape index (κ3) is 2.40. The summed E-state index contributed by atoms with van der Waals surface area (Å²) in [6, 6.07) is 5.61. The summed E-state index contributed by atoms with van der Waals surface area (Å²) in [5, 5.41) is 0. The molecule has 0 N–H and O–H groups in total. The monoisotopic (exact) mass is 204 g/mol. The van der Waals surface area contributed by atoms with Crippen LogP contribution < -0.4 is 0 Å². The third-order valence-electron chi connectivity index (χ3n) is 2.44. The molecule has 15 heavy (non-hydrogen) atoms. The zero-order chi connectivity index (χ0) is 10.7. The molecule has 1 aliphatic heterocycles. The van der Waals surface area contributed by atoms with E-state index in [-0.39, 0.29) is 18.1 Å². The Kier molecular flexibility index (Phi) is 2.76. The fourth-order valence-electron chi connectivity index (χ4n) is 1.61. The lowest BCUT2D eigenvalue weighted by Gasteiger charge is -2.25. The van der Waals surface area contributed by atoms with Crippen LogP contribution in [0.4, 0.5) is 0 Å². The van der Waals surface area contributed by atoms with E-state index in [0.29, 0.717) is 19.5 Å². The van der Waals surface area contributed by atoms with E-state index < -0.39 is 0 Å². The molecular weight excluding hydrogens is 192 g/mol. The first-order valence-electron chi connectivity index (χ1n) is 4.95. The van der Waals surface area contributed by atoms with Crippen molar-refractivity contribution in [3.63, 3.8) is 0 Å². The van der Waals surface area contributed by atoms with Gasteiger partial charge in [-0.2, -0.15) is 0 Å². The van der Waals surface area contributed by atoms with Gasteiger partial charge in [-0.25, -0.2) is 0 Å². The van der Waals surface area contributed by atoms with Crippen LogP contribution in [0.15, 0.2) is 24.4 Å². The van der Waals surface area contributed by atoms with Crippen molar-refractivity contribution in [2.75, 3.05) is 6.54 Å². The molecule has 0 bridgehead atoms. The maximum atomic E-state index is 11.5. The summed E-state index contributed by atoms with van der Waals surface area (Å²) in [4.78, 5) is 28.3. The van der Waals surface area contributed by atoms with E-state index in [1.54, 1.807) is 11.1 Å². The number of likely N-dealkylation sites (tertiary alicyclic amines) is 1. The number of carbonyl (C=O) groups is 2. The number of pyridine rings is 1. The van der Waals surface area contributed by atoms with Crippen LogP contribution in [-0.4, -0.2) is 28.1 Å². The van der Waals surface area contributed by atoms with Gasteiger partial charge >= 0.3 is 0 Å². The van der Waals surface area contributed by atoms with Gasteiger partial charge in [-0.3, -0.25) is 14.6 Å². The van der Waals surface area contributed by atoms with Gasteiger partial charge in [0.1, 0.15) is 5.78 Å². The number of aromatic nitrogens is 1. The van der Waals surface area contributed by atoms with E-state index in [1.807, 2.05) is 18.2 Å². The van der Waals surface area contributed by atoms with Crippen LogP contribution in [0.3, 0.4) is 0 Å².